The van der Waals surface area contributed by atoms with E-state index < -0.39 is 37.4 Å². The van der Waals surface area contributed by atoms with Gasteiger partial charge in [0, 0.05) is 17.9 Å². The summed E-state index contributed by atoms with van der Waals surface area (Å²) in [5, 5.41) is 11.3. The second-order valence-electron chi connectivity index (χ2n) is 7.22. The van der Waals surface area contributed by atoms with Crippen molar-refractivity contribution in [1.82, 2.24) is 0 Å². The van der Waals surface area contributed by atoms with Crippen molar-refractivity contribution in [3.63, 3.8) is 0 Å². The van der Waals surface area contributed by atoms with E-state index in [0.717, 1.165) is 18.2 Å². The Morgan fingerprint density at radius 1 is 1.18 bits per heavy atom. The van der Waals surface area contributed by atoms with Crippen molar-refractivity contribution in [3.05, 3.63) is 62.9 Å². The summed E-state index contributed by atoms with van der Waals surface area (Å²) in [7, 11) is -4.58. The molecular weight excluding hydrogens is 488 g/mol. The number of amides is 1. The van der Waals surface area contributed by atoms with Crippen LogP contribution in [-0.2, 0) is 19.6 Å². The number of hydrogen-bond acceptors (Lipinski definition) is 8. The monoisotopic (exact) mass is 508 g/mol. The van der Waals surface area contributed by atoms with Crippen LogP contribution in [0.1, 0.15) is 42.8 Å². The molecule has 10 nitrogen and oxygen atoms in total. The fourth-order valence-electron chi connectivity index (χ4n) is 3.42. The van der Waals surface area contributed by atoms with E-state index in [4.69, 9.17) is 20.8 Å². The third-order valence-corrected chi connectivity index (χ3v) is 6.97. The van der Waals surface area contributed by atoms with Gasteiger partial charge in [0.05, 0.1) is 22.1 Å². The summed E-state index contributed by atoms with van der Waals surface area (Å²) >= 11 is 5.82. The summed E-state index contributed by atoms with van der Waals surface area (Å²) in [6, 6.07) is 7.10. The fraction of sp³-hybridized carbons (Fsp3) is 0.273. The number of nitro benzene ring substituents is 1. The van der Waals surface area contributed by atoms with Gasteiger partial charge in [-0.1, -0.05) is 18.5 Å². The molecule has 1 amide bonds. The summed E-state index contributed by atoms with van der Waals surface area (Å²) in [5.41, 5.74) is -0.265. The zero-order valence-electron chi connectivity index (χ0n) is 18.5. The molecule has 0 saturated carbocycles. The Bertz CT molecular complexity index is 1400. The SMILES string of the molecule is CCCC(=O)N(c1ccc2oc(C)c(C(=O)OCC)c2c1)S(=O)(=O)c1ccc(Cl)c([N+](=O)[O-])c1. The van der Waals surface area contributed by atoms with Crippen LogP contribution in [0.5, 0.6) is 0 Å². The second kappa shape index (κ2) is 9.82. The lowest BCUT2D eigenvalue weighted by molar-refractivity contribution is -0.384. The van der Waals surface area contributed by atoms with E-state index in [9.17, 15) is 28.1 Å². The zero-order valence-corrected chi connectivity index (χ0v) is 20.1. The molecule has 0 bridgehead atoms. The number of nitro groups is 1. The van der Waals surface area contributed by atoms with Crippen molar-refractivity contribution in [1.29, 1.82) is 0 Å². The number of fused-ring (bicyclic) bond motifs is 1. The van der Waals surface area contributed by atoms with Gasteiger partial charge in [0.2, 0.25) is 5.91 Å². The number of halogens is 1. The van der Waals surface area contributed by atoms with Crippen LogP contribution in [0.4, 0.5) is 11.4 Å². The number of aryl methyl sites for hydroxylation is 1. The summed E-state index contributed by atoms with van der Waals surface area (Å²) in [5.74, 6) is -1.14. The van der Waals surface area contributed by atoms with Crippen LogP contribution in [0.3, 0.4) is 0 Å². The lowest BCUT2D eigenvalue weighted by Crippen LogP contribution is -2.36. The third kappa shape index (κ3) is 4.62. The molecule has 2 aromatic carbocycles. The van der Waals surface area contributed by atoms with E-state index >= 15 is 0 Å². The molecule has 0 saturated heterocycles. The van der Waals surface area contributed by atoms with Gasteiger partial charge in [0.25, 0.3) is 15.7 Å². The molecule has 1 heterocycles. The van der Waals surface area contributed by atoms with Crippen molar-refractivity contribution >= 4 is 55.8 Å². The molecular formula is C22H21ClN2O8S. The topological polar surface area (TPSA) is 137 Å². The van der Waals surface area contributed by atoms with Gasteiger partial charge in [-0.25, -0.2) is 17.5 Å². The van der Waals surface area contributed by atoms with Crippen LogP contribution in [0.2, 0.25) is 5.02 Å². The maximum atomic E-state index is 13.5. The molecule has 0 radical (unpaired) electrons. The summed E-state index contributed by atoms with van der Waals surface area (Å²) in [4.78, 5) is 35.4. The standard InChI is InChI=1S/C22H21ClN2O8S/c1-4-6-20(26)24(34(30,31)15-8-9-17(23)18(12-15)25(28)29)14-7-10-19-16(11-14)21(13(3)33-19)22(27)32-5-2/h7-12H,4-6H2,1-3H3. The van der Waals surface area contributed by atoms with E-state index in [1.54, 1.807) is 20.8 Å². The van der Waals surface area contributed by atoms with Crippen LogP contribution in [0, 0.1) is 17.0 Å². The zero-order chi connectivity index (χ0) is 25.2. The van der Waals surface area contributed by atoms with Gasteiger partial charge < -0.3 is 9.15 Å². The minimum atomic E-state index is -4.58. The molecule has 3 rings (SSSR count). The fourth-order valence-corrected chi connectivity index (χ4v) is 5.07. The molecule has 0 unspecified atom stereocenters. The molecule has 0 fully saturated rings. The summed E-state index contributed by atoms with van der Waals surface area (Å²) in [6.45, 7) is 5.03. The van der Waals surface area contributed by atoms with Crippen molar-refractivity contribution in [3.8, 4) is 0 Å². The number of ether oxygens (including phenoxy) is 1. The molecule has 0 aliphatic rings. The Morgan fingerprint density at radius 2 is 1.88 bits per heavy atom. The second-order valence-corrected chi connectivity index (χ2v) is 9.41. The first kappa shape index (κ1) is 25.2. The van der Waals surface area contributed by atoms with Gasteiger partial charge in [-0.05, 0) is 50.6 Å². The molecule has 34 heavy (non-hydrogen) atoms. The highest BCUT2D eigenvalue weighted by Crippen LogP contribution is 2.34. The van der Waals surface area contributed by atoms with E-state index in [-0.39, 0.29) is 40.4 Å². The number of furan rings is 1. The third-order valence-electron chi connectivity index (χ3n) is 4.90. The molecule has 0 aliphatic heterocycles. The normalized spacial score (nSPS) is 11.4. The number of carbonyl (C=O) groups excluding carboxylic acids is 2. The van der Waals surface area contributed by atoms with E-state index in [1.165, 1.54) is 18.2 Å². The van der Waals surface area contributed by atoms with Gasteiger partial charge >= 0.3 is 5.97 Å². The van der Waals surface area contributed by atoms with E-state index in [1.807, 2.05) is 0 Å². The minimum Gasteiger partial charge on any atom is -0.462 e. The van der Waals surface area contributed by atoms with Crippen molar-refractivity contribution < 1.29 is 32.1 Å². The Hall–Kier alpha value is -3.44. The average molecular weight is 509 g/mol. The number of anilines is 1. The molecule has 0 spiro atoms. The maximum Gasteiger partial charge on any atom is 0.342 e. The Morgan fingerprint density at radius 3 is 2.50 bits per heavy atom. The van der Waals surface area contributed by atoms with Crippen LogP contribution in [0.25, 0.3) is 11.0 Å². The number of nitrogens with zero attached hydrogens (tertiary/aromatic N) is 2. The molecule has 12 heteroatoms. The number of rotatable bonds is 8. The number of benzene rings is 2. The first-order chi connectivity index (χ1) is 16.0. The van der Waals surface area contributed by atoms with Gasteiger partial charge in [0.1, 0.15) is 21.9 Å². The molecule has 180 valence electrons. The van der Waals surface area contributed by atoms with Crippen LogP contribution < -0.4 is 4.31 Å². The lowest BCUT2D eigenvalue weighted by atomic mass is 10.1. The number of esters is 1. The van der Waals surface area contributed by atoms with Crippen LogP contribution in [-0.4, -0.2) is 31.8 Å². The van der Waals surface area contributed by atoms with Crippen LogP contribution in [0.15, 0.2) is 45.7 Å². The Labute approximate surface area is 200 Å². The van der Waals surface area contributed by atoms with E-state index in [2.05, 4.69) is 0 Å². The number of carbonyl (C=O) groups is 2. The summed E-state index contributed by atoms with van der Waals surface area (Å²) < 4.78 is 38.3. The first-order valence-electron chi connectivity index (χ1n) is 10.2. The highest BCUT2D eigenvalue weighted by atomic mass is 35.5. The van der Waals surface area contributed by atoms with Crippen molar-refractivity contribution in [2.75, 3.05) is 10.9 Å². The first-order valence-corrected chi connectivity index (χ1v) is 12.1. The largest absolute Gasteiger partial charge is 0.462 e. The predicted molar refractivity (Wildman–Crippen MR) is 125 cm³/mol. The minimum absolute atomic E-state index is 0.0603. The molecule has 0 atom stereocenters. The molecule has 0 aliphatic carbocycles. The quantitative estimate of drug-likeness (QED) is 0.235. The molecule has 1 aromatic heterocycles. The van der Waals surface area contributed by atoms with Crippen molar-refractivity contribution in [2.24, 2.45) is 0 Å². The Balaban J connectivity index is 2.23. The number of hydrogen-bond donors (Lipinski definition) is 0. The Kier molecular flexibility index (Phi) is 7.27. The predicted octanol–water partition coefficient (Wildman–Crippen LogP) is 5.00. The van der Waals surface area contributed by atoms with Crippen LogP contribution >= 0.6 is 11.6 Å². The highest BCUT2D eigenvalue weighted by Gasteiger charge is 2.33. The van der Waals surface area contributed by atoms with E-state index in [0.29, 0.717) is 16.3 Å². The van der Waals surface area contributed by atoms with Crippen molar-refractivity contribution in [2.45, 2.75) is 38.5 Å². The van der Waals surface area contributed by atoms with Gasteiger partial charge in [-0.15, -0.1) is 0 Å². The smallest absolute Gasteiger partial charge is 0.342 e. The average Bonchev–Trinajstić information content (AvgIpc) is 3.09. The molecule has 0 N–H and O–H groups in total. The maximum absolute atomic E-state index is 13.5. The van der Waals surface area contributed by atoms with Gasteiger partial charge in [0.15, 0.2) is 0 Å². The number of sulfonamides is 1. The lowest BCUT2D eigenvalue weighted by Gasteiger charge is -2.22. The molecule has 3 aromatic rings. The summed E-state index contributed by atoms with van der Waals surface area (Å²) in [6.07, 6.45) is 0.245. The van der Waals surface area contributed by atoms with Gasteiger partial charge in [-0.2, -0.15) is 0 Å². The van der Waals surface area contributed by atoms with Gasteiger partial charge in [-0.3, -0.25) is 14.9 Å². The highest BCUT2D eigenvalue weighted by molar-refractivity contribution is 7.93.